The fourth-order valence-electron chi connectivity index (χ4n) is 1.05. The van der Waals surface area contributed by atoms with Crippen molar-refractivity contribution in [1.82, 2.24) is 0 Å². The lowest BCUT2D eigenvalue weighted by Crippen LogP contribution is -2.12. The lowest BCUT2D eigenvalue weighted by Gasteiger charge is -2.05. The van der Waals surface area contributed by atoms with E-state index in [9.17, 15) is 0 Å². The summed E-state index contributed by atoms with van der Waals surface area (Å²) in [5.41, 5.74) is 1.28. The molecule has 0 aliphatic heterocycles. The van der Waals surface area contributed by atoms with Gasteiger partial charge in [0.05, 0.1) is 12.7 Å². The molecule has 0 saturated carbocycles. The Kier molecular flexibility index (Phi) is 3.72. The molecule has 68 valence electrons. The van der Waals surface area contributed by atoms with Crippen LogP contribution in [0.3, 0.4) is 0 Å². The van der Waals surface area contributed by atoms with E-state index in [1.165, 1.54) is 10.4 Å². The van der Waals surface area contributed by atoms with Crippen LogP contribution in [0.15, 0.2) is 11.4 Å². The molecular weight excluding hydrogens is 172 g/mol. The number of rotatable bonds is 4. The Balaban J connectivity index is 2.38. The molecule has 1 aromatic rings. The molecule has 0 amide bonds. The zero-order valence-electron chi connectivity index (χ0n) is 7.16. The molecule has 2 N–H and O–H groups in total. The number of aliphatic hydroxyl groups is 2. The minimum absolute atomic E-state index is 0.135. The summed E-state index contributed by atoms with van der Waals surface area (Å²) in [5.74, 6) is 0. The van der Waals surface area contributed by atoms with Crippen LogP contribution in [-0.2, 0) is 6.42 Å². The normalized spacial score (nSPS) is 13.2. The summed E-state index contributed by atoms with van der Waals surface area (Å²) in [6.07, 6.45) is 0.954. The van der Waals surface area contributed by atoms with Gasteiger partial charge in [0.2, 0.25) is 0 Å². The van der Waals surface area contributed by atoms with Crippen molar-refractivity contribution in [1.29, 1.82) is 0 Å². The molecule has 0 spiro atoms. The van der Waals surface area contributed by atoms with Gasteiger partial charge in [-0.15, -0.1) is 11.3 Å². The van der Waals surface area contributed by atoms with Gasteiger partial charge in [0.1, 0.15) is 0 Å². The van der Waals surface area contributed by atoms with E-state index in [2.05, 4.69) is 18.4 Å². The first-order chi connectivity index (χ1) is 5.74. The molecule has 1 unspecified atom stereocenters. The quantitative estimate of drug-likeness (QED) is 0.745. The predicted octanol–water partition coefficient (Wildman–Crippen LogP) is 1.34. The first kappa shape index (κ1) is 9.71. The maximum Gasteiger partial charge on any atom is 0.0774 e. The van der Waals surface area contributed by atoms with Gasteiger partial charge < -0.3 is 10.2 Å². The number of thiophene rings is 1. The molecule has 1 atom stereocenters. The molecule has 0 aromatic carbocycles. The highest BCUT2D eigenvalue weighted by atomic mass is 32.1. The smallest absolute Gasteiger partial charge is 0.0774 e. The molecule has 1 aromatic heterocycles. The van der Waals surface area contributed by atoms with E-state index < -0.39 is 6.10 Å². The van der Waals surface area contributed by atoms with Crippen LogP contribution < -0.4 is 0 Å². The van der Waals surface area contributed by atoms with E-state index in [4.69, 9.17) is 10.2 Å². The third kappa shape index (κ3) is 2.59. The van der Waals surface area contributed by atoms with Gasteiger partial charge in [0.15, 0.2) is 0 Å². The van der Waals surface area contributed by atoms with E-state index in [-0.39, 0.29) is 6.61 Å². The molecule has 0 radical (unpaired) electrons. The molecule has 2 nitrogen and oxygen atoms in total. The number of hydrogen-bond donors (Lipinski definition) is 2. The summed E-state index contributed by atoms with van der Waals surface area (Å²) in [6, 6.07) is 2.07. The molecule has 12 heavy (non-hydrogen) atoms. The third-order valence-corrected chi connectivity index (χ3v) is 2.97. The summed E-state index contributed by atoms with van der Waals surface area (Å²) in [7, 11) is 0. The topological polar surface area (TPSA) is 40.5 Å². The Labute approximate surface area is 76.5 Å². The highest BCUT2D eigenvalue weighted by Gasteiger charge is 2.04. The second-order valence-corrected chi connectivity index (χ2v) is 3.90. The summed E-state index contributed by atoms with van der Waals surface area (Å²) in [5, 5.41) is 19.7. The van der Waals surface area contributed by atoms with Gasteiger partial charge >= 0.3 is 0 Å². The average Bonchev–Trinajstić information content (AvgIpc) is 2.47. The highest BCUT2D eigenvalue weighted by Crippen LogP contribution is 2.17. The molecule has 0 aliphatic rings. The molecule has 0 aliphatic carbocycles. The number of hydrogen-bond acceptors (Lipinski definition) is 3. The Hall–Kier alpha value is -0.380. The average molecular weight is 186 g/mol. The maximum atomic E-state index is 9.10. The predicted molar refractivity (Wildman–Crippen MR) is 50.5 cm³/mol. The van der Waals surface area contributed by atoms with Gasteiger partial charge in [-0.05, 0) is 36.8 Å². The van der Waals surface area contributed by atoms with Gasteiger partial charge in [0, 0.05) is 4.88 Å². The van der Waals surface area contributed by atoms with Crippen LogP contribution >= 0.6 is 11.3 Å². The SMILES string of the molecule is Cc1ccsc1CCC(O)CO. The minimum Gasteiger partial charge on any atom is -0.394 e. The van der Waals surface area contributed by atoms with Crippen molar-refractivity contribution in [3.63, 3.8) is 0 Å². The number of aliphatic hydroxyl groups excluding tert-OH is 2. The highest BCUT2D eigenvalue weighted by molar-refractivity contribution is 7.10. The van der Waals surface area contributed by atoms with Gasteiger partial charge in [-0.3, -0.25) is 0 Å². The monoisotopic (exact) mass is 186 g/mol. The van der Waals surface area contributed by atoms with E-state index >= 15 is 0 Å². The Morgan fingerprint density at radius 2 is 2.33 bits per heavy atom. The molecule has 1 rings (SSSR count). The van der Waals surface area contributed by atoms with Crippen LogP contribution in [0.2, 0.25) is 0 Å². The van der Waals surface area contributed by atoms with E-state index in [1.54, 1.807) is 11.3 Å². The minimum atomic E-state index is -0.563. The van der Waals surface area contributed by atoms with Gasteiger partial charge in [-0.1, -0.05) is 0 Å². The van der Waals surface area contributed by atoms with Crippen molar-refractivity contribution in [2.45, 2.75) is 25.9 Å². The van der Waals surface area contributed by atoms with Gasteiger partial charge in [-0.2, -0.15) is 0 Å². The zero-order chi connectivity index (χ0) is 8.97. The molecule has 0 saturated heterocycles. The van der Waals surface area contributed by atoms with Crippen LogP contribution in [0.4, 0.5) is 0 Å². The van der Waals surface area contributed by atoms with E-state index in [0.717, 1.165) is 6.42 Å². The molecule has 3 heteroatoms. The van der Waals surface area contributed by atoms with Crippen LogP contribution in [0.5, 0.6) is 0 Å². The largest absolute Gasteiger partial charge is 0.394 e. The lowest BCUT2D eigenvalue weighted by molar-refractivity contribution is 0.0887. The Morgan fingerprint density at radius 1 is 1.58 bits per heavy atom. The van der Waals surface area contributed by atoms with Crippen LogP contribution in [0, 0.1) is 6.92 Å². The first-order valence-electron chi connectivity index (χ1n) is 4.06. The van der Waals surface area contributed by atoms with Crippen molar-refractivity contribution >= 4 is 11.3 Å². The van der Waals surface area contributed by atoms with Crippen LogP contribution in [0.1, 0.15) is 16.9 Å². The molecule has 0 fully saturated rings. The van der Waals surface area contributed by atoms with Crippen molar-refractivity contribution in [3.8, 4) is 0 Å². The van der Waals surface area contributed by atoms with E-state index in [1.807, 2.05) is 0 Å². The van der Waals surface area contributed by atoms with Crippen LogP contribution in [0.25, 0.3) is 0 Å². The van der Waals surface area contributed by atoms with Crippen molar-refractivity contribution in [2.75, 3.05) is 6.61 Å². The second kappa shape index (κ2) is 4.60. The van der Waals surface area contributed by atoms with Crippen molar-refractivity contribution in [3.05, 3.63) is 21.9 Å². The first-order valence-corrected chi connectivity index (χ1v) is 4.94. The van der Waals surface area contributed by atoms with Crippen molar-refractivity contribution < 1.29 is 10.2 Å². The summed E-state index contributed by atoms with van der Waals surface area (Å²) >= 11 is 1.71. The van der Waals surface area contributed by atoms with Crippen LogP contribution in [-0.4, -0.2) is 22.9 Å². The van der Waals surface area contributed by atoms with Crippen molar-refractivity contribution in [2.24, 2.45) is 0 Å². The van der Waals surface area contributed by atoms with Gasteiger partial charge in [0.25, 0.3) is 0 Å². The maximum absolute atomic E-state index is 9.10. The fraction of sp³-hybridized carbons (Fsp3) is 0.556. The summed E-state index contributed by atoms with van der Waals surface area (Å²) in [6.45, 7) is 1.93. The fourth-order valence-corrected chi connectivity index (χ4v) is 1.98. The molecular formula is C9H14O2S. The Bertz CT molecular complexity index is 232. The van der Waals surface area contributed by atoms with Gasteiger partial charge in [-0.25, -0.2) is 0 Å². The standard InChI is InChI=1S/C9H14O2S/c1-7-4-5-12-9(7)3-2-8(11)6-10/h4-5,8,10-11H,2-3,6H2,1H3. The summed E-state index contributed by atoms with van der Waals surface area (Å²) in [4.78, 5) is 1.31. The number of aryl methyl sites for hydroxylation is 2. The molecule has 1 heterocycles. The van der Waals surface area contributed by atoms with E-state index in [0.29, 0.717) is 6.42 Å². The summed E-state index contributed by atoms with van der Waals surface area (Å²) < 4.78 is 0. The second-order valence-electron chi connectivity index (χ2n) is 2.90. The third-order valence-electron chi connectivity index (χ3n) is 1.88. The molecule has 0 bridgehead atoms. The lowest BCUT2D eigenvalue weighted by atomic mass is 10.1. The Morgan fingerprint density at radius 3 is 2.83 bits per heavy atom. The zero-order valence-corrected chi connectivity index (χ0v) is 7.97.